The first-order chi connectivity index (χ1) is 35.9. The summed E-state index contributed by atoms with van der Waals surface area (Å²) in [6.45, 7) is 29.1. The summed E-state index contributed by atoms with van der Waals surface area (Å²) >= 11 is 0. The van der Waals surface area contributed by atoms with E-state index in [1.54, 1.807) is 16.8 Å². The highest BCUT2D eigenvalue weighted by Gasteiger charge is 2.47. The van der Waals surface area contributed by atoms with Crippen molar-refractivity contribution in [2.75, 3.05) is 91.3 Å². The zero-order chi connectivity index (χ0) is 54.3. The topological polar surface area (TPSA) is 183 Å². The smallest absolute Gasteiger partial charge is 0.407 e. The van der Waals surface area contributed by atoms with Gasteiger partial charge in [-0.05, 0) is 113 Å². The van der Waals surface area contributed by atoms with Crippen molar-refractivity contribution in [3.05, 3.63) is 93.9 Å². The van der Waals surface area contributed by atoms with E-state index in [4.69, 9.17) is 37.8 Å². The molecule has 75 heavy (non-hydrogen) atoms. The number of hydrogen-bond acceptors (Lipinski definition) is 13. The second-order valence-corrected chi connectivity index (χ2v) is 26.1. The molecular formula is C57H87N7O10Si. The van der Waals surface area contributed by atoms with E-state index in [0.29, 0.717) is 77.7 Å². The van der Waals surface area contributed by atoms with Crippen LogP contribution in [0, 0.1) is 12.8 Å². The Hall–Kier alpha value is -5.08. The SMILES string of the molecule is CCN=C1C=C2Oc3cc(NCC)c(C)cc3C(c3ccccc3C(=O)N(C)CCOC(=O)NCCCOCCOCCOCCCNC3NC(=O)N(C4CC(O[Si](C)(C)C(C)(C)C)C(CC)O4)C=C3C)C2C=C1C. The molecule has 4 aliphatic rings. The Bertz CT molecular complexity index is 2380. The van der Waals surface area contributed by atoms with Crippen molar-refractivity contribution >= 4 is 37.7 Å². The number of benzene rings is 2. The van der Waals surface area contributed by atoms with Crippen LogP contribution < -0.4 is 26.0 Å². The van der Waals surface area contributed by atoms with Gasteiger partial charge in [0.05, 0.1) is 50.9 Å². The molecule has 0 saturated carbocycles. The average Bonchev–Trinajstić information content (AvgIpc) is 3.77. The minimum atomic E-state index is -1.99. The summed E-state index contributed by atoms with van der Waals surface area (Å²) in [7, 11) is -0.264. The molecule has 6 rings (SSSR count). The molecule has 4 amide bonds. The lowest BCUT2D eigenvalue weighted by Gasteiger charge is -2.39. The van der Waals surface area contributed by atoms with E-state index in [-0.39, 0.29) is 66.6 Å². The van der Waals surface area contributed by atoms with Gasteiger partial charge in [-0.1, -0.05) is 52.0 Å². The van der Waals surface area contributed by atoms with Gasteiger partial charge in [-0.2, -0.15) is 0 Å². The molecule has 17 nitrogen and oxygen atoms in total. The molecule has 6 unspecified atom stereocenters. The van der Waals surface area contributed by atoms with Crippen LogP contribution in [0.1, 0.15) is 114 Å². The first kappa shape index (κ1) is 59.2. The Kier molecular flexibility index (Phi) is 21.9. The maximum Gasteiger partial charge on any atom is 0.407 e. The number of likely N-dealkylation sites (N-methyl/N-ethyl adjacent to an activating group) is 1. The molecular weight excluding hydrogens is 971 g/mol. The van der Waals surface area contributed by atoms with Crippen molar-refractivity contribution in [3.63, 3.8) is 0 Å². The number of urea groups is 1. The fraction of sp³-hybridized carbons (Fsp3) is 0.614. The normalized spacial score (nSPS) is 22.1. The zero-order valence-electron chi connectivity index (χ0n) is 46.9. The molecule has 0 radical (unpaired) electrons. The van der Waals surface area contributed by atoms with E-state index in [2.05, 4.69) is 101 Å². The first-order valence-corrected chi connectivity index (χ1v) is 30.1. The van der Waals surface area contributed by atoms with Crippen molar-refractivity contribution < 1.29 is 47.2 Å². The third-order valence-corrected chi connectivity index (χ3v) is 19.2. The van der Waals surface area contributed by atoms with Gasteiger partial charge in [-0.3, -0.25) is 20.0 Å². The standard InChI is InChI=1S/C57H87N7O10Si/c1-13-47-50(74-75(11,12)57(7,8)9)36-51(73-47)64-37-40(6)53(62-55(64)66)60-22-18-25-68-28-30-70-31-29-69-26-19-23-61-56(67)71-27-24-63(10)54(65)42-21-17-16-20-41(42)52-43-32-38(4)45(58-14-2)34-48(43)72-49-35-46(59-15-3)39(5)33-44(49)52/h16-17,20-21,32-35,37,43,47,50-53,59-60H,13-15,18-19,22-31,36H2,1-12H3,(H,61,67)(H,62,66). The number of anilines is 1. The third kappa shape index (κ3) is 15.8. The number of hydrogen-bond donors (Lipinski definition) is 4. The number of nitrogens with one attached hydrogen (secondary N) is 4. The summed E-state index contributed by atoms with van der Waals surface area (Å²) in [5.41, 5.74) is 7.61. The number of ether oxygens (including phenoxy) is 6. The van der Waals surface area contributed by atoms with E-state index < -0.39 is 14.4 Å². The van der Waals surface area contributed by atoms with Crippen molar-refractivity contribution in [1.29, 1.82) is 0 Å². The van der Waals surface area contributed by atoms with E-state index in [0.717, 1.165) is 70.1 Å². The van der Waals surface area contributed by atoms with E-state index in [9.17, 15) is 14.4 Å². The Labute approximate surface area is 447 Å². The fourth-order valence-corrected chi connectivity index (χ4v) is 10.9. The molecule has 18 heteroatoms. The minimum Gasteiger partial charge on any atom is -0.461 e. The van der Waals surface area contributed by atoms with Gasteiger partial charge in [0, 0.05) is 93.3 Å². The summed E-state index contributed by atoms with van der Waals surface area (Å²) in [6.07, 6.45) is 7.77. The second-order valence-electron chi connectivity index (χ2n) is 21.3. The number of allylic oxidation sites excluding steroid dienone is 3. The van der Waals surface area contributed by atoms with Gasteiger partial charge < -0.3 is 53.7 Å². The van der Waals surface area contributed by atoms with Crippen LogP contribution >= 0.6 is 0 Å². The van der Waals surface area contributed by atoms with Crippen LogP contribution in [-0.2, 0) is 28.1 Å². The second kappa shape index (κ2) is 27.8. The summed E-state index contributed by atoms with van der Waals surface area (Å²) in [5, 5.41) is 12.8. The number of rotatable bonds is 27. The predicted molar refractivity (Wildman–Crippen MR) is 297 cm³/mol. The maximum atomic E-state index is 14.2. The molecule has 4 N–H and O–H groups in total. The van der Waals surface area contributed by atoms with Crippen molar-refractivity contribution in [3.8, 4) is 5.75 Å². The van der Waals surface area contributed by atoms with Gasteiger partial charge in [-0.25, -0.2) is 9.59 Å². The molecule has 1 aliphatic carbocycles. The molecule has 0 aromatic heterocycles. The Morgan fingerprint density at radius 1 is 0.933 bits per heavy atom. The lowest BCUT2D eigenvalue weighted by molar-refractivity contribution is -0.0326. The Morgan fingerprint density at radius 2 is 1.63 bits per heavy atom. The highest BCUT2D eigenvalue weighted by atomic mass is 28.4. The van der Waals surface area contributed by atoms with Gasteiger partial charge in [0.25, 0.3) is 5.91 Å². The van der Waals surface area contributed by atoms with Crippen molar-refractivity contribution in [2.45, 2.75) is 137 Å². The van der Waals surface area contributed by atoms with Crippen LogP contribution in [0.4, 0.5) is 15.3 Å². The fourth-order valence-electron chi connectivity index (χ4n) is 9.51. The van der Waals surface area contributed by atoms with Gasteiger partial charge in [0.1, 0.15) is 30.5 Å². The summed E-state index contributed by atoms with van der Waals surface area (Å²) in [6, 6.07) is 11.8. The van der Waals surface area contributed by atoms with Crippen molar-refractivity contribution in [1.82, 2.24) is 25.8 Å². The number of aryl methyl sites for hydroxylation is 1. The number of carbonyl (C=O) groups is 3. The van der Waals surface area contributed by atoms with E-state index >= 15 is 0 Å². The van der Waals surface area contributed by atoms with Crippen LogP contribution in [0.2, 0.25) is 18.1 Å². The number of alkyl carbamates (subject to hydrolysis) is 1. The summed E-state index contributed by atoms with van der Waals surface area (Å²) in [5.74, 6) is 1.09. The molecule has 2 aromatic carbocycles. The molecule has 414 valence electrons. The minimum absolute atomic E-state index is 0.0318. The number of carbonyl (C=O) groups excluding carboxylic acids is 3. The number of fused-ring (bicyclic) bond motifs is 2. The van der Waals surface area contributed by atoms with Crippen LogP contribution in [0.25, 0.3) is 0 Å². The first-order valence-electron chi connectivity index (χ1n) is 27.2. The summed E-state index contributed by atoms with van der Waals surface area (Å²) < 4.78 is 42.2. The van der Waals surface area contributed by atoms with E-state index in [1.165, 1.54) is 0 Å². The average molecular weight is 1060 g/mol. The van der Waals surface area contributed by atoms with Crippen LogP contribution in [0.15, 0.2) is 76.6 Å². The van der Waals surface area contributed by atoms with Gasteiger partial charge in [0.2, 0.25) is 0 Å². The third-order valence-electron chi connectivity index (χ3n) is 14.7. The van der Waals surface area contributed by atoms with Gasteiger partial charge >= 0.3 is 12.1 Å². The molecule has 3 heterocycles. The van der Waals surface area contributed by atoms with E-state index in [1.807, 2.05) is 50.4 Å². The number of nitrogens with zero attached hydrogens (tertiary/aromatic N) is 3. The largest absolute Gasteiger partial charge is 0.461 e. The summed E-state index contributed by atoms with van der Waals surface area (Å²) in [4.78, 5) is 47.9. The number of amides is 4. The monoisotopic (exact) mass is 1060 g/mol. The van der Waals surface area contributed by atoms with Crippen LogP contribution in [0.3, 0.4) is 0 Å². The molecule has 1 fully saturated rings. The lowest BCUT2D eigenvalue weighted by atomic mass is 9.73. The predicted octanol–water partition coefficient (Wildman–Crippen LogP) is 9.26. The molecule has 0 bridgehead atoms. The lowest BCUT2D eigenvalue weighted by Crippen LogP contribution is -2.56. The maximum absolute atomic E-state index is 14.2. The highest BCUT2D eigenvalue weighted by molar-refractivity contribution is 6.74. The molecule has 1 saturated heterocycles. The molecule has 2 aromatic rings. The number of aliphatic imine (C=N–C) groups is 1. The quantitative estimate of drug-likeness (QED) is 0.0493. The Balaban J connectivity index is 0.815. The molecule has 6 atom stereocenters. The van der Waals surface area contributed by atoms with Crippen LogP contribution in [0.5, 0.6) is 5.75 Å². The Morgan fingerprint density at radius 3 is 2.31 bits per heavy atom. The molecule has 3 aliphatic heterocycles. The highest BCUT2D eigenvalue weighted by Crippen LogP contribution is 2.50. The van der Waals surface area contributed by atoms with Gasteiger partial charge in [-0.15, -0.1) is 0 Å². The van der Waals surface area contributed by atoms with Gasteiger partial charge in [0.15, 0.2) is 8.32 Å². The van der Waals surface area contributed by atoms with Crippen LogP contribution in [-0.4, -0.2) is 152 Å². The molecule has 0 spiro atoms. The van der Waals surface area contributed by atoms with Crippen molar-refractivity contribution in [2.24, 2.45) is 10.9 Å². The zero-order valence-corrected chi connectivity index (χ0v) is 47.9.